The minimum absolute atomic E-state index is 0.188. The quantitative estimate of drug-likeness (QED) is 0.358. The van der Waals surface area contributed by atoms with Crippen LogP contribution in [-0.4, -0.2) is 59.3 Å². The van der Waals surface area contributed by atoms with Gasteiger partial charge in [-0.05, 0) is 69.2 Å². The second-order valence-electron chi connectivity index (χ2n) is 12.2. The SMILES string of the molecule is Cc1ccc(OCc2ccc(CN3C[C@@H](C)O[C@@H](C)C3)cc2C#N)c(-c2csc(N3C[C@H]4CC[C@@H](C3)[C@H]4C(=O)O)n2)c1. The summed E-state index contributed by atoms with van der Waals surface area (Å²) in [4.78, 5) is 21.4. The number of hydrogen-bond acceptors (Lipinski definition) is 8. The van der Waals surface area contributed by atoms with Gasteiger partial charge in [0.25, 0.3) is 0 Å². The molecule has 0 amide bonds. The summed E-state index contributed by atoms with van der Waals surface area (Å²) in [5.74, 6) is 0.225. The lowest BCUT2D eigenvalue weighted by Crippen LogP contribution is -2.44. The molecule has 9 heteroatoms. The van der Waals surface area contributed by atoms with Gasteiger partial charge in [0.15, 0.2) is 5.13 Å². The van der Waals surface area contributed by atoms with Crippen molar-refractivity contribution in [3.63, 3.8) is 0 Å². The molecule has 3 heterocycles. The van der Waals surface area contributed by atoms with E-state index >= 15 is 0 Å². The molecule has 0 unspecified atom stereocenters. The molecule has 8 nitrogen and oxygen atoms in total. The Bertz CT molecular complexity index is 1480. The fourth-order valence-electron chi connectivity index (χ4n) is 7.06. The average Bonchev–Trinajstić information content (AvgIpc) is 3.55. The number of nitrogens with zero attached hydrogens (tertiary/aromatic N) is 4. The summed E-state index contributed by atoms with van der Waals surface area (Å²) in [6.45, 7) is 10.6. The summed E-state index contributed by atoms with van der Waals surface area (Å²) < 4.78 is 12.2. The number of carboxylic acid groups (broad SMARTS) is 1. The molecule has 42 heavy (non-hydrogen) atoms. The first kappa shape index (κ1) is 28.7. The molecule has 0 spiro atoms. The second kappa shape index (κ2) is 12.0. The van der Waals surface area contributed by atoms with Crippen molar-refractivity contribution in [2.75, 3.05) is 31.1 Å². The standard InChI is InChI=1S/C33H38N4O4S/c1-20-4-9-30(40-18-26-6-5-23(11-27(26)12-34)15-36-13-21(2)41-22(3)14-36)28(10-20)29-19-42-33(35-29)37-16-24-7-8-25(17-37)31(24)32(38)39/h4-6,9-11,19,21-22,24-25,31H,7-8,13-18H2,1-3H3,(H,38,39)/t21-,22+,24-,25+,31+. The number of aryl methyl sites for hydroxylation is 1. The van der Waals surface area contributed by atoms with Crippen LogP contribution in [0.2, 0.25) is 0 Å². The predicted molar refractivity (Wildman–Crippen MR) is 163 cm³/mol. The van der Waals surface area contributed by atoms with Crippen LogP contribution in [0.1, 0.15) is 48.9 Å². The molecule has 3 aliphatic rings. The summed E-state index contributed by atoms with van der Waals surface area (Å²) in [6, 6.07) is 14.5. The Labute approximate surface area is 251 Å². The molecule has 2 aromatic carbocycles. The van der Waals surface area contributed by atoms with Gasteiger partial charge < -0.3 is 19.5 Å². The molecular weight excluding hydrogens is 548 g/mol. The summed E-state index contributed by atoms with van der Waals surface area (Å²) in [6.07, 6.45) is 2.36. The van der Waals surface area contributed by atoms with Gasteiger partial charge in [-0.15, -0.1) is 11.3 Å². The number of thiazole rings is 1. The third-order valence-corrected chi connectivity index (χ3v) is 9.77. The molecule has 1 saturated carbocycles. The molecule has 2 bridgehead atoms. The highest BCUT2D eigenvalue weighted by molar-refractivity contribution is 7.14. The normalized spacial score (nSPS) is 25.8. The van der Waals surface area contributed by atoms with Gasteiger partial charge in [-0.2, -0.15) is 5.26 Å². The predicted octanol–water partition coefficient (Wildman–Crippen LogP) is 5.73. The number of morpholine rings is 1. The van der Waals surface area contributed by atoms with E-state index in [-0.39, 0.29) is 36.6 Å². The van der Waals surface area contributed by atoms with Crippen molar-refractivity contribution in [2.24, 2.45) is 17.8 Å². The Hall–Kier alpha value is -3.45. The smallest absolute Gasteiger partial charge is 0.307 e. The highest BCUT2D eigenvalue weighted by Gasteiger charge is 2.46. The van der Waals surface area contributed by atoms with Gasteiger partial charge in [0.1, 0.15) is 12.4 Å². The van der Waals surface area contributed by atoms with Crippen molar-refractivity contribution in [3.05, 3.63) is 64.0 Å². The Kier molecular flexibility index (Phi) is 8.22. The number of anilines is 1. The molecule has 5 atom stereocenters. The molecule has 3 aromatic rings. The van der Waals surface area contributed by atoms with Crippen LogP contribution in [0.3, 0.4) is 0 Å². The molecule has 1 aliphatic carbocycles. The van der Waals surface area contributed by atoms with Crippen molar-refractivity contribution in [3.8, 4) is 23.1 Å². The number of carboxylic acids is 1. The van der Waals surface area contributed by atoms with Crippen LogP contribution in [0.25, 0.3) is 11.3 Å². The molecular formula is C33H38N4O4S. The fraction of sp³-hybridized carbons (Fsp3) is 0.485. The zero-order valence-electron chi connectivity index (χ0n) is 24.5. The van der Waals surface area contributed by atoms with E-state index in [0.29, 0.717) is 5.56 Å². The first-order valence-corrected chi connectivity index (χ1v) is 15.7. The Balaban J connectivity index is 1.16. The zero-order valence-corrected chi connectivity index (χ0v) is 25.3. The lowest BCUT2D eigenvalue weighted by molar-refractivity contribution is -0.144. The average molecular weight is 587 g/mol. The van der Waals surface area contributed by atoms with Gasteiger partial charge in [-0.25, -0.2) is 4.98 Å². The number of aromatic nitrogens is 1. The maximum absolute atomic E-state index is 11.8. The summed E-state index contributed by atoms with van der Waals surface area (Å²) in [5.41, 5.74) is 5.49. The van der Waals surface area contributed by atoms with E-state index in [0.717, 1.165) is 84.4 Å². The number of piperidine rings is 1. The number of hydrogen-bond donors (Lipinski definition) is 1. The molecule has 220 valence electrons. The van der Waals surface area contributed by atoms with Gasteiger partial charge in [0, 0.05) is 49.2 Å². The molecule has 1 aromatic heterocycles. The van der Waals surface area contributed by atoms with E-state index in [4.69, 9.17) is 14.5 Å². The Morgan fingerprint density at radius 3 is 2.55 bits per heavy atom. The van der Waals surface area contributed by atoms with Crippen molar-refractivity contribution in [1.29, 1.82) is 5.26 Å². The molecule has 3 fully saturated rings. The summed E-state index contributed by atoms with van der Waals surface area (Å²) in [5, 5.41) is 22.6. The lowest BCUT2D eigenvalue weighted by Gasteiger charge is -2.35. The third kappa shape index (κ3) is 6.03. The van der Waals surface area contributed by atoms with Crippen LogP contribution in [0.15, 0.2) is 41.8 Å². The third-order valence-electron chi connectivity index (χ3n) is 8.87. The Morgan fingerprint density at radius 2 is 1.86 bits per heavy atom. The topological polar surface area (TPSA) is 98.9 Å². The lowest BCUT2D eigenvalue weighted by atomic mass is 9.85. The highest BCUT2D eigenvalue weighted by atomic mass is 32.1. The first-order valence-electron chi connectivity index (χ1n) is 14.8. The van der Waals surface area contributed by atoms with Crippen LogP contribution < -0.4 is 9.64 Å². The van der Waals surface area contributed by atoms with Crippen LogP contribution in [-0.2, 0) is 22.7 Å². The fourth-order valence-corrected chi connectivity index (χ4v) is 7.91. The number of nitriles is 1. The van der Waals surface area contributed by atoms with E-state index in [2.05, 4.69) is 54.2 Å². The highest BCUT2D eigenvalue weighted by Crippen LogP contribution is 2.44. The first-order chi connectivity index (χ1) is 20.3. The van der Waals surface area contributed by atoms with E-state index in [1.165, 1.54) is 0 Å². The maximum atomic E-state index is 11.8. The summed E-state index contributed by atoms with van der Waals surface area (Å²) in [7, 11) is 0. The number of benzene rings is 2. The monoisotopic (exact) mass is 586 g/mol. The van der Waals surface area contributed by atoms with Gasteiger partial charge in [0.05, 0.1) is 35.5 Å². The van der Waals surface area contributed by atoms with Crippen molar-refractivity contribution in [2.45, 2.75) is 59.0 Å². The van der Waals surface area contributed by atoms with Crippen LogP contribution in [0.5, 0.6) is 5.75 Å². The number of rotatable bonds is 8. The second-order valence-corrected chi connectivity index (χ2v) is 13.1. The maximum Gasteiger partial charge on any atom is 0.307 e. The van der Waals surface area contributed by atoms with E-state index in [1.54, 1.807) is 11.3 Å². The van der Waals surface area contributed by atoms with Crippen LogP contribution in [0.4, 0.5) is 5.13 Å². The van der Waals surface area contributed by atoms with Gasteiger partial charge in [0.2, 0.25) is 0 Å². The molecule has 6 rings (SSSR count). The van der Waals surface area contributed by atoms with Crippen molar-refractivity contribution in [1.82, 2.24) is 9.88 Å². The number of carbonyl (C=O) groups is 1. The molecule has 0 radical (unpaired) electrons. The van der Waals surface area contributed by atoms with Gasteiger partial charge >= 0.3 is 5.97 Å². The van der Waals surface area contributed by atoms with Crippen molar-refractivity contribution >= 4 is 22.4 Å². The van der Waals surface area contributed by atoms with Gasteiger partial charge in [-0.3, -0.25) is 9.69 Å². The van der Waals surface area contributed by atoms with E-state index < -0.39 is 5.97 Å². The molecule has 2 saturated heterocycles. The van der Waals surface area contributed by atoms with Crippen LogP contribution >= 0.6 is 11.3 Å². The Morgan fingerprint density at radius 1 is 1.12 bits per heavy atom. The molecule has 2 aliphatic heterocycles. The number of ether oxygens (including phenoxy) is 2. The van der Waals surface area contributed by atoms with E-state index in [9.17, 15) is 15.2 Å². The van der Waals surface area contributed by atoms with Gasteiger partial charge in [-0.1, -0.05) is 23.8 Å². The minimum Gasteiger partial charge on any atom is -0.488 e. The van der Waals surface area contributed by atoms with Crippen LogP contribution in [0, 0.1) is 36.0 Å². The minimum atomic E-state index is -0.654. The summed E-state index contributed by atoms with van der Waals surface area (Å²) >= 11 is 1.60. The number of aliphatic carboxylic acids is 1. The van der Waals surface area contributed by atoms with E-state index in [1.807, 2.05) is 24.3 Å². The number of fused-ring (bicyclic) bond motifs is 2. The van der Waals surface area contributed by atoms with Crippen molar-refractivity contribution < 1.29 is 19.4 Å². The zero-order chi connectivity index (χ0) is 29.4. The largest absolute Gasteiger partial charge is 0.488 e. The molecule has 1 N–H and O–H groups in total.